The Labute approximate surface area is 138 Å². The zero-order valence-corrected chi connectivity index (χ0v) is 12.8. The Morgan fingerprint density at radius 1 is 0.958 bits per heavy atom. The molecule has 0 aliphatic carbocycles. The van der Waals surface area contributed by atoms with E-state index in [0.717, 1.165) is 22.3 Å². The van der Waals surface area contributed by atoms with E-state index >= 15 is 0 Å². The van der Waals surface area contributed by atoms with E-state index in [-0.39, 0.29) is 12.8 Å². The average Bonchev–Trinajstić information content (AvgIpc) is 2.60. The molecule has 0 saturated carbocycles. The quantitative estimate of drug-likeness (QED) is 0.681. The molecule has 0 atom stereocenters. The maximum atomic E-state index is 10.8. The van der Waals surface area contributed by atoms with Crippen LogP contribution >= 0.6 is 0 Å². The number of rotatable bonds is 4. The fraction of sp³-hybridized carbons (Fsp3) is 0.105. The van der Waals surface area contributed by atoms with E-state index in [1.165, 1.54) is 5.39 Å². The highest BCUT2D eigenvalue weighted by Crippen LogP contribution is 2.40. The van der Waals surface area contributed by atoms with E-state index in [9.17, 15) is 4.79 Å². The van der Waals surface area contributed by atoms with Crippen LogP contribution in [-0.2, 0) is 4.79 Å². The predicted molar refractivity (Wildman–Crippen MR) is 93.5 cm³/mol. The van der Waals surface area contributed by atoms with Crippen LogP contribution in [0.2, 0.25) is 0 Å². The molecule has 0 radical (unpaired) electrons. The summed E-state index contributed by atoms with van der Waals surface area (Å²) in [6, 6.07) is 19.7. The van der Waals surface area contributed by atoms with E-state index in [0.29, 0.717) is 5.75 Å². The number of carboxylic acids is 1. The van der Waals surface area contributed by atoms with Gasteiger partial charge in [-0.05, 0) is 23.6 Å². The van der Waals surface area contributed by atoms with Crippen LogP contribution in [-0.4, -0.2) is 17.7 Å². The van der Waals surface area contributed by atoms with Crippen molar-refractivity contribution in [2.75, 3.05) is 17.2 Å². The molecule has 4 rings (SSSR count). The number of nitrogens with one attached hydrogen (secondary N) is 2. The van der Waals surface area contributed by atoms with E-state index < -0.39 is 5.97 Å². The number of carbonyl (C=O) groups is 1. The van der Waals surface area contributed by atoms with Gasteiger partial charge in [-0.25, -0.2) is 4.79 Å². The van der Waals surface area contributed by atoms with Gasteiger partial charge in [-0.1, -0.05) is 42.5 Å². The normalized spacial score (nSPS) is 13.2. The third-order valence-corrected chi connectivity index (χ3v) is 4.09. The lowest BCUT2D eigenvalue weighted by molar-refractivity contribution is -0.139. The van der Waals surface area contributed by atoms with Gasteiger partial charge in [0.05, 0.1) is 0 Å². The largest absolute Gasteiger partial charge is 0.481 e. The minimum absolute atomic E-state index is 0.199. The highest BCUT2D eigenvalue weighted by molar-refractivity contribution is 6.04. The summed E-state index contributed by atoms with van der Waals surface area (Å²) in [6.07, 6.45) is -0.199. The van der Waals surface area contributed by atoms with Crippen molar-refractivity contribution in [3.63, 3.8) is 0 Å². The fourth-order valence-corrected chi connectivity index (χ4v) is 3.07. The van der Waals surface area contributed by atoms with Gasteiger partial charge in [-0.2, -0.15) is 0 Å². The molecule has 0 aromatic heterocycles. The summed E-state index contributed by atoms with van der Waals surface area (Å²) < 4.78 is 5.43. The van der Waals surface area contributed by atoms with Gasteiger partial charge < -0.3 is 20.5 Å². The molecule has 3 aromatic carbocycles. The molecular formula is C19H16N2O3. The van der Waals surface area contributed by atoms with Crippen molar-refractivity contribution in [3.05, 3.63) is 66.2 Å². The summed E-state index contributed by atoms with van der Waals surface area (Å²) in [6.45, 7) is -0.365. The molecule has 3 aromatic rings. The van der Waals surface area contributed by atoms with Gasteiger partial charge in [-0.15, -0.1) is 0 Å². The minimum atomic E-state index is -0.996. The molecule has 120 valence electrons. The van der Waals surface area contributed by atoms with E-state index in [1.807, 2.05) is 42.5 Å². The third-order valence-electron chi connectivity index (χ3n) is 4.09. The first kappa shape index (κ1) is 14.4. The second-order valence-electron chi connectivity index (χ2n) is 5.65. The van der Waals surface area contributed by atoms with Crippen LogP contribution in [0.15, 0.2) is 60.7 Å². The molecule has 1 aliphatic rings. The number of hydrogen-bond donors (Lipinski definition) is 3. The summed E-state index contributed by atoms with van der Waals surface area (Å²) in [4.78, 5) is 10.8. The topological polar surface area (TPSA) is 70.6 Å². The molecule has 0 unspecified atom stereocenters. The zero-order valence-electron chi connectivity index (χ0n) is 12.8. The Bertz CT molecular complexity index is 883. The van der Waals surface area contributed by atoms with Gasteiger partial charge in [0, 0.05) is 22.3 Å². The lowest BCUT2D eigenvalue weighted by Crippen LogP contribution is -2.24. The van der Waals surface area contributed by atoms with Gasteiger partial charge in [0.25, 0.3) is 0 Å². The van der Waals surface area contributed by atoms with Crippen molar-refractivity contribution in [1.82, 2.24) is 0 Å². The Balaban J connectivity index is 1.71. The van der Waals surface area contributed by atoms with Crippen molar-refractivity contribution >= 4 is 28.1 Å². The Kier molecular flexibility index (Phi) is 3.46. The molecule has 0 amide bonds. The summed E-state index contributed by atoms with van der Waals surface area (Å²) in [7, 11) is 0. The minimum Gasteiger partial charge on any atom is -0.481 e. The van der Waals surface area contributed by atoms with E-state index in [4.69, 9.17) is 9.84 Å². The number of aliphatic carboxylic acids is 1. The van der Waals surface area contributed by atoms with Crippen LogP contribution in [0.25, 0.3) is 10.8 Å². The van der Waals surface area contributed by atoms with Crippen molar-refractivity contribution in [3.8, 4) is 5.75 Å². The summed E-state index contributed by atoms with van der Waals surface area (Å²) in [5, 5.41) is 18.1. The zero-order chi connectivity index (χ0) is 16.5. The van der Waals surface area contributed by atoms with Crippen LogP contribution in [0.5, 0.6) is 5.75 Å². The molecule has 1 aliphatic heterocycles. The number of hydrogen-bond acceptors (Lipinski definition) is 4. The first-order valence-corrected chi connectivity index (χ1v) is 7.71. The summed E-state index contributed by atoms with van der Waals surface area (Å²) in [5.41, 5.74) is 2.95. The van der Waals surface area contributed by atoms with Gasteiger partial charge >= 0.3 is 5.97 Å². The van der Waals surface area contributed by atoms with Crippen LogP contribution in [0.3, 0.4) is 0 Å². The highest BCUT2D eigenvalue weighted by atomic mass is 16.5. The molecule has 3 N–H and O–H groups in total. The number of ether oxygens (including phenoxy) is 1. The predicted octanol–water partition coefficient (Wildman–Crippen LogP) is 3.84. The van der Waals surface area contributed by atoms with Crippen LogP contribution in [0.4, 0.5) is 11.4 Å². The Morgan fingerprint density at radius 3 is 2.29 bits per heavy atom. The SMILES string of the molecule is O=C(O)COc1ccccc1C1Nc2cccc3cccc(c23)N1. The average molecular weight is 320 g/mol. The molecule has 5 nitrogen and oxygen atoms in total. The van der Waals surface area contributed by atoms with Crippen LogP contribution in [0.1, 0.15) is 11.7 Å². The van der Waals surface area contributed by atoms with Crippen molar-refractivity contribution in [1.29, 1.82) is 0 Å². The van der Waals surface area contributed by atoms with E-state index in [1.54, 1.807) is 6.07 Å². The first-order valence-electron chi connectivity index (χ1n) is 7.71. The molecule has 0 bridgehead atoms. The van der Waals surface area contributed by atoms with E-state index in [2.05, 4.69) is 22.8 Å². The number of anilines is 2. The van der Waals surface area contributed by atoms with Gasteiger partial charge in [0.2, 0.25) is 0 Å². The first-order chi connectivity index (χ1) is 11.7. The third kappa shape index (κ3) is 2.50. The van der Waals surface area contributed by atoms with Gasteiger partial charge in [0.15, 0.2) is 6.61 Å². The fourth-order valence-electron chi connectivity index (χ4n) is 3.07. The molecule has 0 saturated heterocycles. The van der Waals surface area contributed by atoms with Crippen molar-refractivity contribution < 1.29 is 14.6 Å². The Hall–Kier alpha value is -3.21. The Morgan fingerprint density at radius 2 is 1.62 bits per heavy atom. The molecule has 5 heteroatoms. The lowest BCUT2D eigenvalue weighted by Gasteiger charge is -2.30. The van der Waals surface area contributed by atoms with Gasteiger partial charge in [-0.3, -0.25) is 0 Å². The molecule has 0 spiro atoms. The second-order valence-corrected chi connectivity index (χ2v) is 5.65. The van der Waals surface area contributed by atoms with Gasteiger partial charge in [0.1, 0.15) is 11.9 Å². The maximum Gasteiger partial charge on any atom is 0.341 e. The smallest absolute Gasteiger partial charge is 0.341 e. The number of carboxylic acid groups (broad SMARTS) is 1. The summed E-state index contributed by atoms with van der Waals surface area (Å²) in [5.74, 6) is -0.444. The van der Waals surface area contributed by atoms with Crippen molar-refractivity contribution in [2.24, 2.45) is 0 Å². The lowest BCUT2D eigenvalue weighted by atomic mass is 10.0. The highest BCUT2D eigenvalue weighted by Gasteiger charge is 2.22. The second kappa shape index (κ2) is 5.77. The summed E-state index contributed by atoms with van der Waals surface area (Å²) >= 11 is 0. The van der Waals surface area contributed by atoms with Crippen molar-refractivity contribution in [2.45, 2.75) is 6.17 Å². The molecule has 1 heterocycles. The number of para-hydroxylation sites is 1. The molecular weight excluding hydrogens is 304 g/mol. The van der Waals surface area contributed by atoms with Crippen LogP contribution < -0.4 is 15.4 Å². The number of benzene rings is 3. The maximum absolute atomic E-state index is 10.8. The standard InChI is InChI=1S/C19H16N2O3/c22-17(23)11-24-16-10-2-1-7-13(16)19-20-14-8-3-5-12-6-4-9-15(21-19)18(12)14/h1-10,19-21H,11H2,(H,22,23). The molecule has 24 heavy (non-hydrogen) atoms. The van der Waals surface area contributed by atoms with Crippen LogP contribution in [0, 0.1) is 0 Å². The monoisotopic (exact) mass is 320 g/mol. The molecule has 0 fully saturated rings.